The van der Waals surface area contributed by atoms with Gasteiger partial charge in [-0.25, -0.2) is 0 Å². The lowest BCUT2D eigenvalue weighted by molar-refractivity contribution is -0.138. The van der Waals surface area contributed by atoms with E-state index in [0.717, 1.165) is 33.3 Å². The first-order valence-corrected chi connectivity index (χ1v) is 7.32. The maximum Gasteiger partial charge on any atom is 0.320 e. The van der Waals surface area contributed by atoms with E-state index in [1.807, 2.05) is 48.7 Å². The molecule has 0 saturated carbocycles. The van der Waals surface area contributed by atoms with Gasteiger partial charge in [0.05, 0.1) is 12.6 Å². The number of aromatic amines is 1. The molecule has 1 heterocycles. The number of para-hydroxylation sites is 1. The molecule has 0 aliphatic rings. The van der Waals surface area contributed by atoms with Gasteiger partial charge in [-0.1, -0.05) is 30.3 Å². The number of nitrogens with two attached hydrogens (primary N) is 1. The van der Waals surface area contributed by atoms with Crippen molar-refractivity contribution in [3.63, 3.8) is 0 Å². The Hall–Kier alpha value is -2.79. The predicted molar refractivity (Wildman–Crippen MR) is 89.6 cm³/mol. The molecule has 118 valence electrons. The number of hydrogen-bond donors (Lipinski definition) is 3. The summed E-state index contributed by atoms with van der Waals surface area (Å²) >= 11 is 0. The molecular weight excluding hydrogens is 292 g/mol. The minimum Gasteiger partial charge on any atom is -0.497 e. The minimum absolute atomic E-state index is 0.293. The van der Waals surface area contributed by atoms with Crippen LogP contribution >= 0.6 is 0 Å². The third-order valence-electron chi connectivity index (χ3n) is 3.96. The van der Waals surface area contributed by atoms with Gasteiger partial charge in [0.1, 0.15) is 11.8 Å². The summed E-state index contributed by atoms with van der Waals surface area (Å²) < 4.78 is 5.19. The highest BCUT2D eigenvalue weighted by molar-refractivity contribution is 5.96. The number of carbonyl (C=O) groups is 1. The normalized spacial score (nSPS) is 12.3. The fraction of sp³-hybridized carbons (Fsp3) is 0.167. The number of methoxy groups -OCH3 is 1. The molecule has 1 atom stereocenters. The largest absolute Gasteiger partial charge is 0.497 e. The smallest absolute Gasteiger partial charge is 0.320 e. The van der Waals surface area contributed by atoms with Crippen molar-refractivity contribution in [2.75, 3.05) is 7.11 Å². The maximum absolute atomic E-state index is 11.0. The number of H-pyrrole nitrogens is 1. The second kappa shape index (κ2) is 6.14. The summed E-state index contributed by atoms with van der Waals surface area (Å²) in [6, 6.07) is 12.9. The van der Waals surface area contributed by atoms with E-state index in [1.54, 1.807) is 7.11 Å². The van der Waals surface area contributed by atoms with Crippen LogP contribution in [0.3, 0.4) is 0 Å². The fourth-order valence-corrected chi connectivity index (χ4v) is 2.72. The molecule has 5 heteroatoms. The van der Waals surface area contributed by atoms with E-state index in [1.165, 1.54) is 0 Å². The van der Waals surface area contributed by atoms with Gasteiger partial charge < -0.3 is 20.6 Å². The van der Waals surface area contributed by atoms with E-state index >= 15 is 0 Å². The number of rotatable bonds is 5. The van der Waals surface area contributed by atoms with Crippen LogP contribution in [-0.4, -0.2) is 29.2 Å². The third-order valence-corrected chi connectivity index (χ3v) is 3.96. The van der Waals surface area contributed by atoms with Crippen LogP contribution in [0.25, 0.3) is 22.0 Å². The van der Waals surface area contributed by atoms with Crippen LogP contribution < -0.4 is 10.5 Å². The highest BCUT2D eigenvalue weighted by Gasteiger charge is 2.16. The monoisotopic (exact) mass is 310 g/mol. The van der Waals surface area contributed by atoms with Crippen LogP contribution in [0.15, 0.2) is 48.7 Å². The molecule has 4 N–H and O–H groups in total. The standard InChI is InChI=1S/C18H18N2O3/c1-23-13-7-5-11(6-8-13)14-3-2-4-15-12(10-20-17(14)15)9-16(19)18(21)22/h2-8,10,16,20H,9,19H2,1H3,(H,21,22)/t16-/m0/s1. The van der Waals surface area contributed by atoms with Crippen LogP contribution in [-0.2, 0) is 11.2 Å². The second-order valence-electron chi connectivity index (χ2n) is 5.42. The molecule has 0 fully saturated rings. The summed E-state index contributed by atoms with van der Waals surface area (Å²) in [7, 11) is 1.64. The molecule has 0 spiro atoms. The van der Waals surface area contributed by atoms with Crippen molar-refractivity contribution in [2.24, 2.45) is 5.73 Å². The number of ether oxygens (including phenoxy) is 1. The topological polar surface area (TPSA) is 88.3 Å². The molecule has 2 aromatic carbocycles. The molecule has 0 bridgehead atoms. The van der Waals surface area contributed by atoms with Gasteiger partial charge in [-0.15, -0.1) is 0 Å². The number of nitrogens with one attached hydrogen (secondary N) is 1. The Balaban J connectivity index is 2.02. The average molecular weight is 310 g/mol. The zero-order valence-electron chi connectivity index (χ0n) is 12.7. The second-order valence-corrected chi connectivity index (χ2v) is 5.42. The third kappa shape index (κ3) is 2.91. The number of benzene rings is 2. The Bertz CT molecular complexity index is 837. The van der Waals surface area contributed by atoms with Crippen molar-refractivity contribution in [1.82, 2.24) is 4.98 Å². The number of fused-ring (bicyclic) bond motifs is 1. The SMILES string of the molecule is COc1ccc(-c2cccc3c(C[C@H](N)C(=O)O)c[nH]c23)cc1. The quantitative estimate of drug-likeness (QED) is 0.676. The lowest BCUT2D eigenvalue weighted by atomic mass is 10.00. The summed E-state index contributed by atoms with van der Waals surface area (Å²) in [4.78, 5) is 14.2. The molecule has 0 radical (unpaired) electrons. The van der Waals surface area contributed by atoms with Gasteiger partial charge in [0.2, 0.25) is 0 Å². The van der Waals surface area contributed by atoms with Crippen LogP contribution in [0.1, 0.15) is 5.56 Å². The molecule has 0 unspecified atom stereocenters. The lowest BCUT2D eigenvalue weighted by Crippen LogP contribution is -2.32. The molecule has 0 amide bonds. The molecule has 3 rings (SSSR count). The van der Waals surface area contributed by atoms with Crippen molar-refractivity contribution >= 4 is 16.9 Å². The molecule has 0 saturated heterocycles. The Labute approximate surface area is 133 Å². The number of aliphatic carboxylic acids is 1. The number of carboxylic acid groups (broad SMARTS) is 1. The Kier molecular flexibility index (Phi) is 4.04. The lowest BCUT2D eigenvalue weighted by Gasteiger charge is -2.07. The first kappa shape index (κ1) is 15.1. The van der Waals surface area contributed by atoms with E-state index in [2.05, 4.69) is 4.98 Å². The first-order valence-electron chi connectivity index (χ1n) is 7.32. The van der Waals surface area contributed by atoms with E-state index in [4.69, 9.17) is 15.6 Å². The Morgan fingerprint density at radius 2 is 2.00 bits per heavy atom. The molecule has 0 aliphatic carbocycles. The van der Waals surface area contributed by atoms with Gasteiger partial charge in [0.25, 0.3) is 0 Å². The van der Waals surface area contributed by atoms with Crippen LogP contribution in [0.5, 0.6) is 5.75 Å². The summed E-state index contributed by atoms with van der Waals surface area (Å²) in [6.45, 7) is 0. The van der Waals surface area contributed by atoms with E-state index in [0.29, 0.717) is 6.42 Å². The number of carboxylic acids is 1. The molecular formula is C18H18N2O3. The first-order chi connectivity index (χ1) is 11.1. The summed E-state index contributed by atoms with van der Waals surface area (Å²) in [5.41, 5.74) is 9.66. The van der Waals surface area contributed by atoms with Crippen molar-refractivity contribution in [3.05, 3.63) is 54.2 Å². The predicted octanol–water partition coefficient (Wildman–Crippen LogP) is 2.80. The molecule has 3 aromatic rings. The van der Waals surface area contributed by atoms with Crippen LogP contribution in [0, 0.1) is 0 Å². The fourth-order valence-electron chi connectivity index (χ4n) is 2.72. The summed E-state index contributed by atoms with van der Waals surface area (Å²) in [5.74, 6) is -0.189. The van der Waals surface area contributed by atoms with E-state index in [9.17, 15) is 4.79 Å². The zero-order valence-corrected chi connectivity index (χ0v) is 12.7. The van der Waals surface area contributed by atoms with E-state index < -0.39 is 12.0 Å². The molecule has 1 aromatic heterocycles. The zero-order chi connectivity index (χ0) is 16.4. The van der Waals surface area contributed by atoms with Gasteiger partial charge >= 0.3 is 5.97 Å². The molecule has 5 nitrogen and oxygen atoms in total. The Morgan fingerprint density at radius 1 is 1.26 bits per heavy atom. The minimum atomic E-state index is -0.995. The van der Waals surface area contributed by atoms with Crippen molar-refractivity contribution in [2.45, 2.75) is 12.5 Å². The maximum atomic E-state index is 11.0. The number of aromatic nitrogens is 1. The van der Waals surface area contributed by atoms with Gasteiger partial charge in [-0.2, -0.15) is 0 Å². The van der Waals surface area contributed by atoms with Gasteiger partial charge in [-0.3, -0.25) is 4.79 Å². The van der Waals surface area contributed by atoms with Crippen LogP contribution in [0.2, 0.25) is 0 Å². The van der Waals surface area contributed by atoms with Gasteiger partial charge in [-0.05, 0) is 23.3 Å². The Morgan fingerprint density at radius 3 is 2.65 bits per heavy atom. The van der Waals surface area contributed by atoms with Crippen LogP contribution in [0.4, 0.5) is 0 Å². The van der Waals surface area contributed by atoms with E-state index in [-0.39, 0.29) is 0 Å². The summed E-state index contributed by atoms with van der Waals surface area (Å²) in [6.07, 6.45) is 2.13. The molecule has 0 aliphatic heterocycles. The highest BCUT2D eigenvalue weighted by atomic mass is 16.5. The highest BCUT2D eigenvalue weighted by Crippen LogP contribution is 2.31. The average Bonchev–Trinajstić information content (AvgIpc) is 2.98. The molecule has 23 heavy (non-hydrogen) atoms. The van der Waals surface area contributed by atoms with Gasteiger partial charge in [0.15, 0.2) is 0 Å². The van der Waals surface area contributed by atoms with Gasteiger partial charge in [0, 0.05) is 23.6 Å². The van der Waals surface area contributed by atoms with Crippen molar-refractivity contribution < 1.29 is 14.6 Å². The summed E-state index contributed by atoms with van der Waals surface area (Å²) in [5, 5.41) is 9.98. The van der Waals surface area contributed by atoms with Crippen molar-refractivity contribution in [3.8, 4) is 16.9 Å². The van der Waals surface area contributed by atoms with Crippen molar-refractivity contribution in [1.29, 1.82) is 0 Å². The number of hydrogen-bond acceptors (Lipinski definition) is 3.